The molecule has 7 heteroatoms. The normalized spacial score (nSPS) is 10.9. The Labute approximate surface area is 139 Å². The molecule has 1 N–H and O–H groups in total. The molecule has 0 aliphatic rings. The van der Waals surface area contributed by atoms with Gasteiger partial charge in [0.05, 0.1) is 18.9 Å². The number of nitrogens with zero attached hydrogens (tertiary/aromatic N) is 3. The Morgan fingerprint density at radius 3 is 2.59 bits per heavy atom. The van der Waals surface area contributed by atoms with Crippen LogP contribution in [0.5, 0.6) is 5.75 Å². The highest BCUT2D eigenvalue weighted by Crippen LogP contribution is 2.18. The van der Waals surface area contributed by atoms with Gasteiger partial charge in [-0.2, -0.15) is 5.26 Å². The van der Waals surface area contributed by atoms with Gasteiger partial charge in [-0.3, -0.25) is 0 Å². The minimum Gasteiger partial charge on any atom is -0.494 e. The molecule has 1 aromatic carbocycles. The smallest absolute Gasteiger partial charge is 0.191 e. The zero-order valence-electron chi connectivity index (χ0n) is 12.4. The number of nitriles is 1. The summed E-state index contributed by atoms with van der Waals surface area (Å²) in [5.74, 6) is 0.805. The van der Waals surface area contributed by atoms with E-state index in [1.54, 1.807) is 0 Å². The highest BCUT2D eigenvalue weighted by molar-refractivity contribution is 7.09. The summed E-state index contributed by atoms with van der Waals surface area (Å²) in [6, 6.07) is 9.63. The molecule has 2 aromatic rings. The van der Waals surface area contributed by atoms with Gasteiger partial charge >= 0.3 is 0 Å². The van der Waals surface area contributed by atoms with E-state index >= 15 is 0 Å². The molecular weight excluding hydrogens is 322 g/mol. The van der Waals surface area contributed by atoms with Crippen LogP contribution in [-0.2, 0) is 6.54 Å². The highest BCUT2D eigenvalue weighted by atomic mass is 35.5. The molecule has 0 saturated carbocycles. The predicted molar refractivity (Wildman–Crippen MR) is 88.9 cm³/mol. The first-order chi connectivity index (χ1) is 10.2. The lowest BCUT2D eigenvalue weighted by Crippen LogP contribution is -2.18. The van der Waals surface area contributed by atoms with Crippen molar-refractivity contribution in [1.82, 2.24) is 4.57 Å². The molecule has 22 heavy (non-hydrogen) atoms. The molecule has 0 radical (unpaired) electrons. The van der Waals surface area contributed by atoms with Gasteiger partial charge in [0.2, 0.25) is 0 Å². The van der Waals surface area contributed by atoms with Crippen molar-refractivity contribution in [2.45, 2.75) is 20.4 Å². The predicted octanol–water partition coefficient (Wildman–Crippen LogP) is 2.77. The lowest BCUT2D eigenvalue weighted by Gasteiger charge is -2.04. The van der Waals surface area contributed by atoms with Gasteiger partial charge in [0.25, 0.3) is 0 Å². The first-order valence-corrected chi connectivity index (χ1v) is 7.50. The molecular formula is C15H18ClN3O2S. The monoisotopic (exact) mass is 339 g/mol. The average molecular weight is 340 g/mol. The number of hydrogen-bond acceptors (Lipinski definition) is 5. The molecule has 1 heterocycles. The molecule has 0 atom stereocenters. The number of rotatable bonds is 5. The zero-order chi connectivity index (χ0) is 15.2. The molecule has 0 amide bonds. The standard InChI is InChI=1S/C15H17N3O2S.ClH/c1-3-20-13-6-4-12(5-7-13)17-15-18(8-9-19)11(2)14(10-16)21-15;/h4-7,19H,3,8-9H2,1-2H3;1H/b17-15+;. The second-order valence-corrected chi connectivity index (χ2v) is 5.30. The minimum atomic E-state index is 0. The lowest BCUT2D eigenvalue weighted by molar-refractivity contribution is 0.273. The maximum absolute atomic E-state index is 9.15. The minimum absolute atomic E-state index is 0. The van der Waals surface area contributed by atoms with Crippen LogP contribution in [0.25, 0.3) is 0 Å². The van der Waals surface area contributed by atoms with Gasteiger partial charge in [-0.15, -0.1) is 12.4 Å². The van der Waals surface area contributed by atoms with E-state index in [0.29, 0.717) is 22.8 Å². The van der Waals surface area contributed by atoms with Crippen LogP contribution in [0.4, 0.5) is 5.69 Å². The Kier molecular flexibility index (Phi) is 7.12. The molecule has 0 unspecified atom stereocenters. The maximum atomic E-state index is 9.15. The van der Waals surface area contributed by atoms with Crippen molar-refractivity contribution in [1.29, 1.82) is 5.26 Å². The number of benzene rings is 1. The van der Waals surface area contributed by atoms with Crippen molar-refractivity contribution in [3.8, 4) is 11.8 Å². The van der Waals surface area contributed by atoms with E-state index in [1.807, 2.05) is 42.7 Å². The van der Waals surface area contributed by atoms with Gasteiger partial charge < -0.3 is 14.4 Å². The molecule has 118 valence electrons. The fourth-order valence-electron chi connectivity index (χ4n) is 1.93. The van der Waals surface area contributed by atoms with E-state index in [4.69, 9.17) is 15.1 Å². The average Bonchev–Trinajstić information content (AvgIpc) is 2.78. The number of ether oxygens (including phenoxy) is 1. The van der Waals surface area contributed by atoms with Crippen LogP contribution < -0.4 is 9.54 Å². The van der Waals surface area contributed by atoms with Crippen molar-refractivity contribution < 1.29 is 9.84 Å². The number of aromatic nitrogens is 1. The van der Waals surface area contributed by atoms with E-state index in [2.05, 4.69) is 11.1 Å². The van der Waals surface area contributed by atoms with Crippen molar-refractivity contribution >= 4 is 29.4 Å². The summed E-state index contributed by atoms with van der Waals surface area (Å²) in [6.45, 7) is 4.87. The maximum Gasteiger partial charge on any atom is 0.191 e. The summed E-state index contributed by atoms with van der Waals surface area (Å²) in [6.07, 6.45) is 0. The van der Waals surface area contributed by atoms with Gasteiger partial charge in [-0.1, -0.05) is 11.3 Å². The van der Waals surface area contributed by atoms with E-state index in [1.165, 1.54) is 11.3 Å². The largest absolute Gasteiger partial charge is 0.494 e. The Morgan fingerprint density at radius 1 is 1.36 bits per heavy atom. The zero-order valence-corrected chi connectivity index (χ0v) is 14.1. The van der Waals surface area contributed by atoms with Crippen LogP contribution in [-0.4, -0.2) is 22.9 Å². The SMILES string of the molecule is CCOc1ccc(/N=c2/sc(C#N)c(C)n2CCO)cc1.Cl. The summed E-state index contributed by atoms with van der Waals surface area (Å²) in [4.78, 5) is 5.88. The van der Waals surface area contributed by atoms with Crippen LogP contribution in [0, 0.1) is 18.3 Å². The Hall–Kier alpha value is -1.81. The molecule has 0 fully saturated rings. The second kappa shape index (κ2) is 8.59. The van der Waals surface area contributed by atoms with Gasteiger partial charge in [-0.05, 0) is 38.1 Å². The van der Waals surface area contributed by atoms with Gasteiger partial charge in [0.1, 0.15) is 16.7 Å². The molecule has 2 rings (SSSR count). The van der Waals surface area contributed by atoms with E-state index < -0.39 is 0 Å². The molecule has 0 saturated heterocycles. The van der Waals surface area contributed by atoms with Gasteiger partial charge in [0, 0.05) is 12.2 Å². The topological polar surface area (TPSA) is 70.5 Å². The van der Waals surface area contributed by atoms with Crippen LogP contribution in [0.15, 0.2) is 29.3 Å². The fourth-order valence-corrected chi connectivity index (χ4v) is 2.91. The second-order valence-electron chi connectivity index (χ2n) is 4.32. The molecule has 0 bridgehead atoms. The summed E-state index contributed by atoms with van der Waals surface area (Å²) in [5, 5.41) is 18.3. The molecule has 0 aliphatic heterocycles. The summed E-state index contributed by atoms with van der Waals surface area (Å²) >= 11 is 1.33. The van der Waals surface area contributed by atoms with Crippen LogP contribution in [0.1, 0.15) is 17.5 Å². The molecule has 1 aromatic heterocycles. The van der Waals surface area contributed by atoms with E-state index in [9.17, 15) is 0 Å². The number of halogens is 1. The highest BCUT2D eigenvalue weighted by Gasteiger charge is 2.08. The van der Waals surface area contributed by atoms with Crippen LogP contribution in [0.3, 0.4) is 0 Å². The Bertz CT molecular complexity index is 714. The third kappa shape index (κ3) is 4.10. The van der Waals surface area contributed by atoms with E-state index in [0.717, 1.165) is 17.1 Å². The first kappa shape index (κ1) is 18.2. The van der Waals surface area contributed by atoms with Crippen molar-refractivity contribution in [3.63, 3.8) is 0 Å². The van der Waals surface area contributed by atoms with E-state index in [-0.39, 0.29) is 19.0 Å². The van der Waals surface area contributed by atoms with Crippen molar-refractivity contribution in [3.05, 3.63) is 39.6 Å². The number of aliphatic hydroxyl groups excluding tert-OH is 1. The van der Waals surface area contributed by atoms with Crippen LogP contribution >= 0.6 is 23.7 Å². The molecule has 0 aliphatic carbocycles. The quantitative estimate of drug-likeness (QED) is 0.910. The van der Waals surface area contributed by atoms with Gasteiger partial charge in [0.15, 0.2) is 4.80 Å². The lowest BCUT2D eigenvalue weighted by atomic mass is 10.3. The Morgan fingerprint density at radius 2 is 2.05 bits per heavy atom. The van der Waals surface area contributed by atoms with Crippen LogP contribution in [0.2, 0.25) is 0 Å². The third-order valence-corrected chi connectivity index (χ3v) is 4.04. The molecule has 0 spiro atoms. The van der Waals surface area contributed by atoms with Gasteiger partial charge in [-0.25, -0.2) is 4.99 Å². The van der Waals surface area contributed by atoms with Crippen molar-refractivity contribution in [2.24, 2.45) is 4.99 Å². The number of aliphatic hydroxyl groups is 1. The van der Waals surface area contributed by atoms with Crippen molar-refractivity contribution in [2.75, 3.05) is 13.2 Å². The fraction of sp³-hybridized carbons (Fsp3) is 0.333. The molecule has 5 nitrogen and oxygen atoms in total. The summed E-state index contributed by atoms with van der Waals surface area (Å²) < 4.78 is 7.25. The first-order valence-electron chi connectivity index (χ1n) is 6.68. The third-order valence-electron chi connectivity index (χ3n) is 2.96. The summed E-state index contributed by atoms with van der Waals surface area (Å²) in [7, 11) is 0. The number of thiazole rings is 1. The number of hydrogen-bond donors (Lipinski definition) is 1. The Balaban J connectivity index is 0.00000242. The summed E-state index contributed by atoms with van der Waals surface area (Å²) in [5.41, 5.74) is 1.62.